The lowest BCUT2D eigenvalue weighted by atomic mass is 10.1. The Morgan fingerprint density at radius 1 is 1.19 bits per heavy atom. The molecule has 0 saturated heterocycles. The van der Waals surface area contributed by atoms with Crippen molar-refractivity contribution in [2.45, 2.75) is 25.7 Å². The van der Waals surface area contributed by atoms with E-state index in [4.69, 9.17) is 14.0 Å². The second kappa shape index (κ2) is 8.33. The summed E-state index contributed by atoms with van der Waals surface area (Å²) in [5, 5.41) is 3.67. The Morgan fingerprint density at radius 3 is 2.46 bits per heavy atom. The average molecular weight is 382 g/mol. The van der Waals surface area contributed by atoms with Crippen molar-refractivity contribution >= 4 is 16.0 Å². The number of hydrogen-bond donors (Lipinski definition) is 0. The van der Waals surface area contributed by atoms with Crippen molar-refractivity contribution in [1.82, 2.24) is 9.46 Å². The first-order valence-electron chi connectivity index (χ1n) is 8.21. The number of esters is 1. The molecule has 0 fully saturated rings. The molecule has 2 rings (SSSR count). The summed E-state index contributed by atoms with van der Waals surface area (Å²) in [5.41, 5.74) is 0.477. The lowest BCUT2D eigenvalue weighted by Gasteiger charge is -2.20. The summed E-state index contributed by atoms with van der Waals surface area (Å²) in [6, 6.07) is 6.03. The minimum Gasteiger partial charge on any atom is -0.495 e. The zero-order valence-electron chi connectivity index (χ0n) is 15.2. The zero-order chi connectivity index (χ0) is 19.3. The summed E-state index contributed by atoms with van der Waals surface area (Å²) >= 11 is 0. The third kappa shape index (κ3) is 3.88. The number of nitrogens with zero attached hydrogens (tertiary/aromatic N) is 2. The Morgan fingerprint density at radius 2 is 1.88 bits per heavy atom. The normalized spacial score (nSPS) is 11.6. The molecule has 0 atom stereocenters. The first-order chi connectivity index (χ1) is 12.4. The summed E-state index contributed by atoms with van der Waals surface area (Å²) in [7, 11) is -2.33. The van der Waals surface area contributed by atoms with Crippen LogP contribution in [0.25, 0.3) is 11.3 Å². The van der Waals surface area contributed by atoms with Gasteiger partial charge in [0.15, 0.2) is 11.5 Å². The highest BCUT2D eigenvalue weighted by molar-refractivity contribution is 7.89. The van der Waals surface area contributed by atoms with Crippen molar-refractivity contribution in [1.29, 1.82) is 0 Å². The maximum atomic E-state index is 12.9. The smallest absolute Gasteiger partial charge is 0.360 e. The highest BCUT2D eigenvalue weighted by Gasteiger charge is 2.27. The van der Waals surface area contributed by atoms with Crippen LogP contribution in [-0.4, -0.2) is 50.7 Å². The summed E-state index contributed by atoms with van der Waals surface area (Å²) in [5.74, 6) is -0.121. The van der Waals surface area contributed by atoms with Crippen LogP contribution in [0.1, 0.15) is 31.3 Å². The molecule has 0 aliphatic rings. The average Bonchev–Trinajstić information content (AvgIpc) is 3.12. The van der Waals surface area contributed by atoms with Crippen LogP contribution >= 0.6 is 0 Å². The predicted octanol–water partition coefficient (Wildman–Crippen LogP) is 2.56. The number of aromatic nitrogens is 1. The second-order valence-corrected chi connectivity index (χ2v) is 7.16. The molecular weight excluding hydrogens is 360 g/mol. The highest BCUT2D eigenvalue weighted by Crippen LogP contribution is 2.32. The van der Waals surface area contributed by atoms with Gasteiger partial charge in [0.1, 0.15) is 10.6 Å². The number of methoxy groups -OCH3 is 1. The van der Waals surface area contributed by atoms with Crippen molar-refractivity contribution in [3.63, 3.8) is 0 Å². The van der Waals surface area contributed by atoms with Crippen LogP contribution in [0.2, 0.25) is 0 Å². The van der Waals surface area contributed by atoms with Crippen molar-refractivity contribution in [3.05, 3.63) is 30.0 Å². The Bertz CT molecular complexity index is 871. The van der Waals surface area contributed by atoms with Crippen LogP contribution in [0.15, 0.2) is 33.7 Å². The molecule has 2 aromatic rings. The van der Waals surface area contributed by atoms with E-state index in [1.54, 1.807) is 26.8 Å². The quantitative estimate of drug-likeness (QED) is 0.647. The van der Waals surface area contributed by atoms with E-state index < -0.39 is 16.0 Å². The number of carbonyl (C=O) groups is 1. The number of hydrogen-bond acceptors (Lipinski definition) is 7. The first-order valence-corrected chi connectivity index (χ1v) is 9.65. The Balaban J connectivity index is 2.49. The molecule has 1 aromatic heterocycles. The van der Waals surface area contributed by atoms with Crippen LogP contribution in [0.5, 0.6) is 5.75 Å². The third-order valence-electron chi connectivity index (χ3n) is 3.77. The van der Waals surface area contributed by atoms with Gasteiger partial charge in [0, 0.05) is 24.7 Å². The number of benzene rings is 1. The molecule has 26 heavy (non-hydrogen) atoms. The van der Waals surface area contributed by atoms with E-state index in [0.717, 1.165) is 0 Å². The van der Waals surface area contributed by atoms with Crippen LogP contribution in [0.4, 0.5) is 0 Å². The molecule has 0 unspecified atom stereocenters. The fraction of sp³-hybridized carbons (Fsp3) is 0.412. The van der Waals surface area contributed by atoms with Gasteiger partial charge in [0.25, 0.3) is 0 Å². The molecule has 8 nitrogen and oxygen atoms in total. The first kappa shape index (κ1) is 19.9. The largest absolute Gasteiger partial charge is 0.495 e. The number of rotatable bonds is 8. The summed E-state index contributed by atoms with van der Waals surface area (Å²) in [4.78, 5) is 11.7. The van der Waals surface area contributed by atoms with E-state index in [9.17, 15) is 13.2 Å². The van der Waals surface area contributed by atoms with E-state index in [1.807, 2.05) is 0 Å². The van der Waals surface area contributed by atoms with Gasteiger partial charge in [0.05, 0.1) is 13.7 Å². The highest BCUT2D eigenvalue weighted by atomic mass is 32.2. The Hall–Kier alpha value is -2.39. The van der Waals surface area contributed by atoms with Gasteiger partial charge >= 0.3 is 5.97 Å². The van der Waals surface area contributed by atoms with E-state index in [2.05, 4.69) is 5.16 Å². The van der Waals surface area contributed by atoms with Crippen molar-refractivity contribution in [2.75, 3.05) is 26.8 Å². The van der Waals surface area contributed by atoms with E-state index in [0.29, 0.717) is 18.7 Å². The van der Waals surface area contributed by atoms with Gasteiger partial charge in [-0.05, 0) is 25.1 Å². The van der Waals surface area contributed by atoms with Gasteiger partial charge in [0.2, 0.25) is 10.0 Å². The lowest BCUT2D eigenvalue weighted by Crippen LogP contribution is -2.30. The van der Waals surface area contributed by atoms with Crippen molar-refractivity contribution < 1.29 is 27.2 Å². The SMILES string of the molecule is CCOC(=O)c1cc(-c2ccc(OC)c(S(=O)(=O)N(CC)CC)c2)on1. The minimum absolute atomic E-state index is 0.0193. The Labute approximate surface area is 152 Å². The summed E-state index contributed by atoms with van der Waals surface area (Å²) < 4.78 is 42.3. The monoisotopic (exact) mass is 382 g/mol. The van der Waals surface area contributed by atoms with E-state index in [1.165, 1.54) is 29.6 Å². The fourth-order valence-corrected chi connectivity index (χ4v) is 4.09. The molecule has 0 saturated carbocycles. The zero-order valence-corrected chi connectivity index (χ0v) is 16.0. The third-order valence-corrected chi connectivity index (χ3v) is 5.84. The van der Waals surface area contributed by atoms with Gasteiger partial charge in [-0.2, -0.15) is 4.31 Å². The van der Waals surface area contributed by atoms with Gasteiger partial charge in [-0.3, -0.25) is 0 Å². The van der Waals surface area contributed by atoms with Gasteiger partial charge in [-0.15, -0.1) is 0 Å². The van der Waals surface area contributed by atoms with Gasteiger partial charge < -0.3 is 14.0 Å². The van der Waals surface area contributed by atoms with Crippen molar-refractivity contribution in [2.24, 2.45) is 0 Å². The molecule has 0 aliphatic carbocycles. The van der Waals surface area contributed by atoms with Gasteiger partial charge in [-0.1, -0.05) is 19.0 Å². The van der Waals surface area contributed by atoms with Crippen LogP contribution < -0.4 is 4.74 Å². The van der Waals surface area contributed by atoms with Crippen LogP contribution in [-0.2, 0) is 14.8 Å². The maximum absolute atomic E-state index is 12.9. The lowest BCUT2D eigenvalue weighted by molar-refractivity contribution is 0.0514. The minimum atomic E-state index is -3.74. The Kier molecular flexibility index (Phi) is 6.38. The van der Waals surface area contributed by atoms with Crippen LogP contribution in [0.3, 0.4) is 0 Å². The second-order valence-electron chi connectivity index (χ2n) is 5.25. The topological polar surface area (TPSA) is 98.9 Å². The molecule has 9 heteroatoms. The van der Waals surface area contributed by atoms with Crippen LogP contribution in [0, 0.1) is 0 Å². The molecule has 0 radical (unpaired) electrons. The van der Waals surface area contributed by atoms with Crippen molar-refractivity contribution in [3.8, 4) is 17.1 Å². The van der Waals surface area contributed by atoms with E-state index in [-0.39, 0.29) is 28.7 Å². The van der Waals surface area contributed by atoms with Gasteiger partial charge in [-0.25, -0.2) is 13.2 Å². The fourth-order valence-electron chi connectivity index (χ4n) is 2.45. The van der Waals surface area contributed by atoms with E-state index >= 15 is 0 Å². The standard InChI is InChI=1S/C17H22N2O6S/c1-5-19(6-2)26(21,22)16-10-12(8-9-14(16)23-4)15-11-13(18-25-15)17(20)24-7-3/h8-11H,5-7H2,1-4H3. The molecule has 0 amide bonds. The number of carbonyl (C=O) groups excluding carboxylic acids is 1. The summed E-state index contributed by atoms with van der Waals surface area (Å²) in [6.45, 7) is 6.10. The summed E-state index contributed by atoms with van der Waals surface area (Å²) in [6.07, 6.45) is 0. The predicted molar refractivity (Wildman–Crippen MR) is 94.6 cm³/mol. The number of sulfonamides is 1. The molecule has 0 aliphatic heterocycles. The molecule has 1 aromatic carbocycles. The molecule has 142 valence electrons. The molecule has 0 spiro atoms. The molecule has 1 heterocycles. The molecular formula is C17H22N2O6S. The maximum Gasteiger partial charge on any atom is 0.360 e. The number of ether oxygens (including phenoxy) is 2. The molecule has 0 bridgehead atoms. The molecule has 0 N–H and O–H groups in total.